The molecule has 0 aromatic carbocycles. The molecule has 0 N–H and O–H groups in total. The number of hydrogen-bond donors (Lipinski definition) is 0. The van der Waals surface area contributed by atoms with E-state index in [0.29, 0.717) is 13.1 Å². The van der Waals surface area contributed by atoms with E-state index < -0.39 is 17.3 Å². The molecule has 0 aliphatic carbocycles. The molecule has 136 valence electrons. The highest BCUT2D eigenvalue weighted by Crippen LogP contribution is 2.26. The van der Waals surface area contributed by atoms with Gasteiger partial charge in [0.05, 0.1) is 6.33 Å². The molecule has 9 heteroatoms. The lowest BCUT2D eigenvalue weighted by Crippen LogP contribution is -2.41. The predicted octanol–water partition coefficient (Wildman–Crippen LogP) is 0.641. The first-order chi connectivity index (χ1) is 12.4. The molecule has 0 radical (unpaired) electrons. The van der Waals surface area contributed by atoms with Gasteiger partial charge >= 0.3 is 5.69 Å². The Balaban J connectivity index is 1.73. The van der Waals surface area contributed by atoms with E-state index in [2.05, 4.69) is 16.4 Å². The standard InChI is InChI=1S/C17H19N5O3S/c1-10(15(23)21-6-4-12-11(8-21)5-7-26-12)22-9-18-14-13(22)16(24)20(3)17(25)19(14)2/h5,7,9-10H,4,6,8H2,1-3H3/t10-/m1/s1. The van der Waals surface area contributed by atoms with Crippen LogP contribution in [-0.4, -0.2) is 36.0 Å². The fourth-order valence-corrected chi connectivity index (χ4v) is 4.37. The number of fused-ring (bicyclic) bond motifs is 2. The third kappa shape index (κ3) is 2.34. The fraction of sp³-hybridized carbons (Fsp3) is 0.412. The van der Waals surface area contributed by atoms with E-state index in [0.717, 1.165) is 11.0 Å². The van der Waals surface area contributed by atoms with Crippen LogP contribution in [0.1, 0.15) is 23.4 Å². The van der Waals surface area contributed by atoms with Crippen molar-refractivity contribution in [2.24, 2.45) is 14.1 Å². The quantitative estimate of drug-likeness (QED) is 0.660. The molecule has 4 rings (SSSR count). The number of imidazole rings is 1. The summed E-state index contributed by atoms with van der Waals surface area (Å²) < 4.78 is 3.93. The molecule has 8 nitrogen and oxygen atoms in total. The van der Waals surface area contributed by atoms with Gasteiger partial charge in [0.25, 0.3) is 5.56 Å². The Morgan fingerprint density at radius 3 is 2.81 bits per heavy atom. The van der Waals surface area contributed by atoms with Crippen molar-refractivity contribution in [3.63, 3.8) is 0 Å². The van der Waals surface area contributed by atoms with E-state index in [9.17, 15) is 14.4 Å². The van der Waals surface area contributed by atoms with Gasteiger partial charge in [-0.3, -0.25) is 18.7 Å². The molecular formula is C17H19N5O3S. The van der Waals surface area contributed by atoms with E-state index in [1.807, 2.05) is 4.90 Å². The van der Waals surface area contributed by atoms with Crippen LogP contribution in [0, 0.1) is 0 Å². The van der Waals surface area contributed by atoms with Crippen LogP contribution in [0.5, 0.6) is 0 Å². The van der Waals surface area contributed by atoms with Gasteiger partial charge in [-0.1, -0.05) is 0 Å². The minimum atomic E-state index is -0.578. The van der Waals surface area contributed by atoms with E-state index in [1.165, 1.54) is 28.4 Å². The molecule has 0 fully saturated rings. The maximum absolute atomic E-state index is 13.0. The summed E-state index contributed by atoms with van der Waals surface area (Å²) in [6.45, 7) is 3.02. The van der Waals surface area contributed by atoms with Crippen molar-refractivity contribution in [2.45, 2.75) is 25.9 Å². The van der Waals surface area contributed by atoms with Gasteiger partial charge in [0.2, 0.25) is 5.91 Å². The van der Waals surface area contributed by atoms with Gasteiger partial charge in [0.15, 0.2) is 11.2 Å². The summed E-state index contributed by atoms with van der Waals surface area (Å²) in [6, 6.07) is 1.48. The van der Waals surface area contributed by atoms with Gasteiger partial charge in [0.1, 0.15) is 6.04 Å². The molecule has 4 heterocycles. The van der Waals surface area contributed by atoms with E-state index in [1.54, 1.807) is 29.9 Å². The van der Waals surface area contributed by atoms with Gasteiger partial charge in [-0.2, -0.15) is 0 Å². The van der Waals surface area contributed by atoms with Gasteiger partial charge in [-0.05, 0) is 30.4 Å². The molecule has 0 bridgehead atoms. The molecule has 1 atom stereocenters. The van der Waals surface area contributed by atoms with Gasteiger partial charge in [0, 0.05) is 32.1 Å². The Morgan fingerprint density at radius 1 is 1.27 bits per heavy atom. The zero-order valence-electron chi connectivity index (χ0n) is 14.8. The first-order valence-electron chi connectivity index (χ1n) is 8.36. The number of thiophene rings is 1. The van der Waals surface area contributed by atoms with Crippen LogP contribution in [-0.2, 0) is 31.9 Å². The smallest absolute Gasteiger partial charge is 0.332 e. The SMILES string of the molecule is C[C@H](C(=O)N1CCc2sccc2C1)n1cnc2c1c(=O)n(C)c(=O)n2C. The number of nitrogens with zero attached hydrogens (tertiary/aromatic N) is 5. The van der Waals surface area contributed by atoms with Crippen LogP contribution in [0.3, 0.4) is 0 Å². The minimum absolute atomic E-state index is 0.0583. The summed E-state index contributed by atoms with van der Waals surface area (Å²) in [7, 11) is 2.99. The summed E-state index contributed by atoms with van der Waals surface area (Å²) in [6.07, 6.45) is 2.32. The molecule has 0 spiro atoms. The Morgan fingerprint density at radius 2 is 2.04 bits per heavy atom. The zero-order valence-corrected chi connectivity index (χ0v) is 15.6. The highest BCUT2D eigenvalue weighted by atomic mass is 32.1. The number of carbonyl (C=O) groups is 1. The molecule has 0 saturated carbocycles. The van der Waals surface area contributed by atoms with Gasteiger partial charge in [-0.25, -0.2) is 9.78 Å². The topological polar surface area (TPSA) is 82.1 Å². The van der Waals surface area contributed by atoms with Crippen LogP contribution >= 0.6 is 11.3 Å². The number of rotatable bonds is 2. The second-order valence-electron chi connectivity index (χ2n) is 6.58. The fourth-order valence-electron chi connectivity index (χ4n) is 3.48. The van der Waals surface area contributed by atoms with Crippen LogP contribution < -0.4 is 11.2 Å². The third-order valence-electron chi connectivity index (χ3n) is 5.07. The molecule has 26 heavy (non-hydrogen) atoms. The molecule has 1 aliphatic rings. The monoisotopic (exact) mass is 373 g/mol. The lowest BCUT2D eigenvalue weighted by molar-refractivity contribution is -0.135. The second kappa shape index (κ2) is 5.94. The van der Waals surface area contributed by atoms with Crippen molar-refractivity contribution in [3.8, 4) is 0 Å². The summed E-state index contributed by atoms with van der Waals surface area (Å²) in [4.78, 5) is 45.0. The first-order valence-corrected chi connectivity index (χ1v) is 9.24. The normalized spacial score (nSPS) is 15.3. The van der Waals surface area contributed by atoms with Crippen LogP contribution in [0.15, 0.2) is 27.4 Å². The molecule has 3 aromatic heterocycles. The van der Waals surface area contributed by atoms with Crippen molar-refractivity contribution in [3.05, 3.63) is 49.1 Å². The first kappa shape index (κ1) is 16.8. The third-order valence-corrected chi connectivity index (χ3v) is 6.09. The number of hydrogen-bond acceptors (Lipinski definition) is 5. The number of amides is 1. The van der Waals surface area contributed by atoms with Gasteiger partial charge in [-0.15, -0.1) is 11.3 Å². The van der Waals surface area contributed by atoms with Crippen LogP contribution in [0.4, 0.5) is 0 Å². The minimum Gasteiger partial charge on any atom is -0.336 e. The summed E-state index contributed by atoms with van der Waals surface area (Å²) in [5.41, 5.74) is 0.863. The molecule has 0 unspecified atom stereocenters. The average molecular weight is 373 g/mol. The molecule has 1 amide bonds. The number of aryl methyl sites for hydroxylation is 1. The summed E-state index contributed by atoms with van der Waals surface area (Å²) >= 11 is 1.72. The van der Waals surface area contributed by atoms with Crippen molar-refractivity contribution in [2.75, 3.05) is 6.54 Å². The van der Waals surface area contributed by atoms with Crippen molar-refractivity contribution < 1.29 is 4.79 Å². The highest BCUT2D eigenvalue weighted by Gasteiger charge is 2.28. The number of carbonyl (C=O) groups excluding carboxylic acids is 1. The molecular weight excluding hydrogens is 354 g/mol. The Kier molecular flexibility index (Phi) is 3.83. The molecule has 0 saturated heterocycles. The summed E-state index contributed by atoms with van der Waals surface area (Å²) in [5.74, 6) is -0.0583. The van der Waals surface area contributed by atoms with E-state index in [4.69, 9.17) is 0 Å². The maximum Gasteiger partial charge on any atom is 0.332 e. The lowest BCUT2D eigenvalue weighted by Gasteiger charge is -2.29. The molecule has 1 aliphatic heterocycles. The largest absolute Gasteiger partial charge is 0.336 e. The van der Waals surface area contributed by atoms with Crippen LogP contribution in [0.2, 0.25) is 0 Å². The van der Waals surface area contributed by atoms with Crippen molar-refractivity contribution >= 4 is 28.4 Å². The Bertz CT molecular complexity index is 1140. The Labute approximate surface area is 152 Å². The van der Waals surface area contributed by atoms with Gasteiger partial charge < -0.3 is 9.47 Å². The van der Waals surface area contributed by atoms with Crippen molar-refractivity contribution in [1.82, 2.24) is 23.6 Å². The lowest BCUT2D eigenvalue weighted by atomic mass is 10.1. The average Bonchev–Trinajstić information content (AvgIpc) is 3.29. The van der Waals surface area contributed by atoms with Crippen LogP contribution in [0.25, 0.3) is 11.2 Å². The highest BCUT2D eigenvalue weighted by molar-refractivity contribution is 7.10. The van der Waals surface area contributed by atoms with E-state index >= 15 is 0 Å². The summed E-state index contributed by atoms with van der Waals surface area (Å²) in [5, 5.41) is 2.05. The van der Waals surface area contributed by atoms with E-state index in [-0.39, 0.29) is 17.1 Å². The van der Waals surface area contributed by atoms with Crippen molar-refractivity contribution in [1.29, 1.82) is 0 Å². The maximum atomic E-state index is 13.0. The Hall–Kier alpha value is -2.68. The zero-order chi connectivity index (χ0) is 18.6. The predicted molar refractivity (Wildman–Crippen MR) is 98.4 cm³/mol. The molecule has 3 aromatic rings. The second-order valence-corrected chi connectivity index (χ2v) is 7.59. The number of aromatic nitrogens is 4.